The minimum absolute atomic E-state index is 0.134. The lowest BCUT2D eigenvalue weighted by Gasteiger charge is -2.36. The van der Waals surface area contributed by atoms with Crippen LogP contribution >= 0.6 is 11.8 Å². The quantitative estimate of drug-likeness (QED) is 0.827. The highest BCUT2D eigenvalue weighted by Crippen LogP contribution is 2.31. The monoisotopic (exact) mass is 272 g/mol. The summed E-state index contributed by atoms with van der Waals surface area (Å²) >= 11 is 1.85. The van der Waals surface area contributed by atoms with Gasteiger partial charge in [-0.2, -0.15) is 11.8 Å². The average molecular weight is 272 g/mol. The number of carboxylic acids is 1. The van der Waals surface area contributed by atoms with Gasteiger partial charge >= 0.3 is 12.0 Å². The Kier molecular flexibility index (Phi) is 3.75. The number of likely N-dealkylation sites (tertiary alicyclic amines) is 1. The SMILES string of the molecule is CN(C(=O)N1CCCC1(C)C(=O)O)C1CCSC1. The highest BCUT2D eigenvalue weighted by molar-refractivity contribution is 7.99. The number of hydrogen-bond donors (Lipinski definition) is 1. The van der Waals surface area contributed by atoms with Crippen molar-refractivity contribution in [1.82, 2.24) is 9.80 Å². The molecule has 2 aliphatic heterocycles. The molecule has 2 heterocycles. The van der Waals surface area contributed by atoms with Gasteiger partial charge in [0.1, 0.15) is 5.54 Å². The molecule has 5 nitrogen and oxygen atoms in total. The highest BCUT2D eigenvalue weighted by atomic mass is 32.2. The molecule has 18 heavy (non-hydrogen) atoms. The summed E-state index contributed by atoms with van der Waals surface area (Å²) in [6, 6.07) is 0.117. The first-order valence-corrected chi connectivity index (χ1v) is 7.48. The number of hydrogen-bond acceptors (Lipinski definition) is 3. The minimum atomic E-state index is -1.03. The van der Waals surface area contributed by atoms with Gasteiger partial charge in [0.15, 0.2) is 0 Å². The molecule has 0 radical (unpaired) electrons. The Morgan fingerprint density at radius 1 is 1.50 bits per heavy atom. The molecular formula is C12H20N2O3S. The van der Waals surface area contributed by atoms with Gasteiger partial charge in [0.25, 0.3) is 0 Å². The molecular weight excluding hydrogens is 252 g/mol. The normalized spacial score (nSPS) is 31.7. The number of amides is 2. The average Bonchev–Trinajstić information content (AvgIpc) is 2.96. The Balaban J connectivity index is 2.10. The number of urea groups is 1. The van der Waals surface area contributed by atoms with Crippen LogP contribution in [-0.4, -0.2) is 63.6 Å². The third-order valence-corrected chi connectivity index (χ3v) is 5.23. The van der Waals surface area contributed by atoms with Crippen LogP contribution in [0.3, 0.4) is 0 Å². The van der Waals surface area contributed by atoms with Crippen LogP contribution < -0.4 is 0 Å². The van der Waals surface area contributed by atoms with E-state index in [-0.39, 0.29) is 12.1 Å². The first-order chi connectivity index (χ1) is 8.47. The van der Waals surface area contributed by atoms with Gasteiger partial charge in [-0.05, 0) is 31.9 Å². The van der Waals surface area contributed by atoms with Crippen molar-refractivity contribution < 1.29 is 14.7 Å². The number of rotatable bonds is 2. The number of carboxylic acid groups (broad SMARTS) is 1. The van der Waals surface area contributed by atoms with E-state index >= 15 is 0 Å². The zero-order chi connectivity index (χ0) is 13.3. The number of carbonyl (C=O) groups is 2. The largest absolute Gasteiger partial charge is 0.480 e. The zero-order valence-electron chi connectivity index (χ0n) is 10.9. The third-order valence-electron chi connectivity index (χ3n) is 4.09. The molecule has 0 bridgehead atoms. The predicted molar refractivity (Wildman–Crippen MR) is 70.9 cm³/mol. The Morgan fingerprint density at radius 3 is 2.78 bits per heavy atom. The van der Waals surface area contributed by atoms with Crippen molar-refractivity contribution in [2.24, 2.45) is 0 Å². The lowest BCUT2D eigenvalue weighted by Crippen LogP contribution is -2.56. The topological polar surface area (TPSA) is 60.9 Å². The maximum atomic E-state index is 12.4. The van der Waals surface area contributed by atoms with Crippen molar-refractivity contribution in [2.75, 3.05) is 25.1 Å². The van der Waals surface area contributed by atoms with E-state index in [1.807, 2.05) is 11.8 Å². The van der Waals surface area contributed by atoms with Gasteiger partial charge in [0.2, 0.25) is 0 Å². The summed E-state index contributed by atoms with van der Waals surface area (Å²) in [5.41, 5.74) is -1.03. The Bertz CT molecular complexity index is 357. The summed E-state index contributed by atoms with van der Waals surface area (Å²) in [7, 11) is 1.79. The van der Waals surface area contributed by atoms with E-state index in [2.05, 4.69) is 0 Å². The molecule has 2 saturated heterocycles. The summed E-state index contributed by atoms with van der Waals surface area (Å²) in [6.45, 7) is 2.20. The molecule has 1 N–H and O–H groups in total. The Labute approximate surface area is 112 Å². The molecule has 2 aliphatic rings. The molecule has 0 spiro atoms. The van der Waals surface area contributed by atoms with E-state index < -0.39 is 11.5 Å². The standard InChI is InChI=1S/C12H20N2O3S/c1-12(10(15)16)5-3-6-14(12)11(17)13(2)9-4-7-18-8-9/h9H,3-8H2,1-2H3,(H,15,16). The van der Waals surface area contributed by atoms with E-state index in [9.17, 15) is 14.7 Å². The lowest BCUT2D eigenvalue weighted by atomic mass is 9.99. The molecule has 2 amide bonds. The first kappa shape index (κ1) is 13.5. The molecule has 0 saturated carbocycles. The van der Waals surface area contributed by atoms with E-state index in [0.29, 0.717) is 13.0 Å². The van der Waals surface area contributed by atoms with Crippen LogP contribution in [-0.2, 0) is 4.79 Å². The first-order valence-electron chi connectivity index (χ1n) is 6.32. The fraction of sp³-hybridized carbons (Fsp3) is 0.833. The number of carbonyl (C=O) groups excluding carboxylic acids is 1. The van der Waals surface area contributed by atoms with Gasteiger partial charge in [0.05, 0.1) is 0 Å². The highest BCUT2D eigenvalue weighted by Gasteiger charge is 2.47. The molecule has 2 fully saturated rings. The van der Waals surface area contributed by atoms with Crippen LogP contribution in [0.2, 0.25) is 0 Å². The molecule has 0 aromatic heterocycles. The van der Waals surface area contributed by atoms with Gasteiger partial charge in [-0.1, -0.05) is 0 Å². The second kappa shape index (κ2) is 4.99. The van der Waals surface area contributed by atoms with Crippen LogP contribution in [0.4, 0.5) is 4.79 Å². The maximum absolute atomic E-state index is 12.4. The van der Waals surface area contributed by atoms with Gasteiger partial charge in [-0.3, -0.25) is 0 Å². The Morgan fingerprint density at radius 2 is 2.22 bits per heavy atom. The molecule has 102 valence electrons. The molecule has 6 heteroatoms. The van der Waals surface area contributed by atoms with Crippen LogP contribution in [0.1, 0.15) is 26.2 Å². The summed E-state index contributed by atoms with van der Waals surface area (Å²) in [5.74, 6) is 1.14. The van der Waals surface area contributed by atoms with Crippen LogP contribution in [0.5, 0.6) is 0 Å². The summed E-state index contributed by atoms with van der Waals surface area (Å²) < 4.78 is 0. The zero-order valence-corrected chi connectivity index (χ0v) is 11.7. The van der Waals surface area contributed by atoms with Crippen molar-refractivity contribution in [3.63, 3.8) is 0 Å². The van der Waals surface area contributed by atoms with Crippen molar-refractivity contribution >= 4 is 23.8 Å². The molecule has 2 atom stereocenters. The Hall–Kier alpha value is -0.910. The number of aliphatic carboxylic acids is 1. The van der Waals surface area contributed by atoms with Crippen molar-refractivity contribution in [3.05, 3.63) is 0 Å². The van der Waals surface area contributed by atoms with Gasteiger partial charge in [0, 0.05) is 25.4 Å². The molecule has 0 aromatic rings. The van der Waals surface area contributed by atoms with Crippen LogP contribution in [0.25, 0.3) is 0 Å². The van der Waals surface area contributed by atoms with Crippen molar-refractivity contribution in [2.45, 2.75) is 37.8 Å². The second-order valence-corrected chi connectivity index (χ2v) is 6.39. The predicted octanol–water partition coefficient (Wildman–Crippen LogP) is 1.48. The van der Waals surface area contributed by atoms with Crippen LogP contribution in [0, 0.1) is 0 Å². The van der Waals surface area contributed by atoms with Gasteiger partial charge in [-0.25, -0.2) is 9.59 Å². The summed E-state index contributed by atoms with van der Waals surface area (Å²) in [5, 5.41) is 9.32. The van der Waals surface area contributed by atoms with Gasteiger partial charge < -0.3 is 14.9 Å². The van der Waals surface area contributed by atoms with Gasteiger partial charge in [-0.15, -0.1) is 0 Å². The van der Waals surface area contributed by atoms with Crippen molar-refractivity contribution in [3.8, 4) is 0 Å². The fourth-order valence-electron chi connectivity index (χ4n) is 2.67. The van der Waals surface area contributed by atoms with E-state index in [1.54, 1.807) is 18.9 Å². The fourth-order valence-corrected chi connectivity index (χ4v) is 3.93. The van der Waals surface area contributed by atoms with E-state index in [1.165, 1.54) is 4.90 Å². The molecule has 2 unspecified atom stereocenters. The molecule has 2 rings (SSSR count). The van der Waals surface area contributed by atoms with Crippen molar-refractivity contribution in [1.29, 1.82) is 0 Å². The van der Waals surface area contributed by atoms with E-state index in [4.69, 9.17) is 0 Å². The number of thioether (sulfide) groups is 1. The number of nitrogens with zero attached hydrogens (tertiary/aromatic N) is 2. The smallest absolute Gasteiger partial charge is 0.329 e. The second-order valence-electron chi connectivity index (χ2n) is 5.25. The summed E-state index contributed by atoms with van der Waals surface area (Å²) in [4.78, 5) is 27.1. The lowest BCUT2D eigenvalue weighted by molar-refractivity contribution is -0.147. The van der Waals surface area contributed by atoms with Crippen LogP contribution in [0.15, 0.2) is 0 Å². The molecule has 0 aliphatic carbocycles. The maximum Gasteiger partial charge on any atom is 0.329 e. The molecule has 0 aromatic carbocycles. The third kappa shape index (κ3) is 2.18. The summed E-state index contributed by atoms with van der Waals surface area (Å²) in [6.07, 6.45) is 2.31. The minimum Gasteiger partial charge on any atom is -0.480 e. The van der Waals surface area contributed by atoms with E-state index in [0.717, 1.165) is 24.3 Å².